The second kappa shape index (κ2) is 7.40. The third-order valence-electron chi connectivity index (χ3n) is 8.08. The lowest BCUT2D eigenvalue weighted by atomic mass is 9.93. The van der Waals surface area contributed by atoms with Gasteiger partial charge in [-0.1, -0.05) is 19.3 Å². The van der Waals surface area contributed by atoms with Crippen LogP contribution in [0.5, 0.6) is 0 Å². The number of nitrogens with one attached hydrogen (secondary N) is 1. The van der Waals surface area contributed by atoms with E-state index < -0.39 is 23.8 Å². The van der Waals surface area contributed by atoms with Gasteiger partial charge in [-0.3, -0.25) is 34.3 Å². The zero-order valence-electron chi connectivity index (χ0n) is 18.1. The molecule has 1 aromatic carbocycles. The molecular weight excluding hydrogens is 408 g/mol. The van der Waals surface area contributed by atoms with Crippen molar-refractivity contribution in [2.45, 2.75) is 75.5 Å². The topological polar surface area (TPSA) is 90.0 Å². The molecule has 32 heavy (non-hydrogen) atoms. The van der Waals surface area contributed by atoms with Crippen LogP contribution in [0.2, 0.25) is 0 Å². The van der Waals surface area contributed by atoms with E-state index in [1.54, 1.807) is 6.07 Å². The molecule has 1 N–H and O–H groups in total. The number of amides is 4. The van der Waals surface area contributed by atoms with Crippen molar-refractivity contribution in [3.8, 4) is 0 Å². The van der Waals surface area contributed by atoms with E-state index >= 15 is 0 Å². The molecule has 1 aromatic rings. The van der Waals surface area contributed by atoms with Gasteiger partial charge in [0.25, 0.3) is 11.8 Å². The molecule has 1 aliphatic carbocycles. The number of carbonyl (C=O) groups excluding carboxylic acids is 4. The van der Waals surface area contributed by atoms with Gasteiger partial charge >= 0.3 is 0 Å². The number of likely N-dealkylation sites (tertiary alicyclic amines) is 1. The van der Waals surface area contributed by atoms with Gasteiger partial charge in [0.1, 0.15) is 6.04 Å². The van der Waals surface area contributed by atoms with Gasteiger partial charge in [-0.25, -0.2) is 0 Å². The van der Waals surface area contributed by atoms with Crippen LogP contribution in [0, 0.1) is 0 Å². The lowest BCUT2D eigenvalue weighted by Gasteiger charge is -2.41. The van der Waals surface area contributed by atoms with Crippen LogP contribution < -0.4 is 10.2 Å². The summed E-state index contributed by atoms with van der Waals surface area (Å²) in [5.74, 6) is -1.82. The van der Waals surface area contributed by atoms with Crippen molar-refractivity contribution in [3.63, 3.8) is 0 Å². The van der Waals surface area contributed by atoms with Crippen molar-refractivity contribution in [2.75, 3.05) is 18.0 Å². The predicted octanol–water partition coefficient (Wildman–Crippen LogP) is 1.68. The Morgan fingerprint density at radius 1 is 0.812 bits per heavy atom. The lowest BCUT2D eigenvalue weighted by molar-refractivity contribution is -0.136. The molecule has 0 radical (unpaired) electrons. The molecule has 4 amide bonds. The first kappa shape index (κ1) is 19.9. The van der Waals surface area contributed by atoms with Crippen molar-refractivity contribution in [1.29, 1.82) is 0 Å². The number of nitrogens with zero attached hydrogens (tertiary/aromatic N) is 3. The zero-order valence-corrected chi connectivity index (χ0v) is 18.1. The van der Waals surface area contributed by atoms with Crippen LogP contribution in [0.25, 0.3) is 0 Å². The smallest absolute Gasteiger partial charge is 0.262 e. The first-order chi connectivity index (χ1) is 15.5. The Hall–Kier alpha value is -2.74. The number of anilines is 1. The van der Waals surface area contributed by atoms with E-state index in [2.05, 4.69) is 15.1 Å². The molecular formula is C24H28N4O4. The molecule has 168 valence electrons. The molecule has 0 spiro atoms. The Bertz CT molecular complexity index is 1020. The van der Waals surface area contributed by atoms with E-state index in [4.69, 9.17) is 0 Å². The van der Waals surface area contributed by atoms with Crippen molar-refractivity contribution in [2.24, 2.45) is 0 Å². The van der Waals surface area contributed by atoms with Crippen LogP contribution in [-0.2, 0) is 9.59 Å². The number of hydrogen-bond donors (Lipinski definition) is 1. The fourth-order valence-corrected chi connectivity index (χ4v) is 6.51. The molecule has 4 fully saturated rings. The second-order valence-corrected chi connectivity index (χ2v) is 9.86. The Morgan fingerprint density at radius 3 is 2.31 bits per heavy atom. The average molecular weight is 437 g/mol. The van der Waals surface area contributed by atoms with Crippen LogP contribution in [-0.4, -0.2) is 70.7 Å². The van der Waals surface area contributed by atoms with Crippen molar-refractivity contribution in [3.05, 3.63) is 29.3 Å². The molecule has 8 heteroatoms. The molecule has 4 aliphatic heterocycles. The summed E-state index contributed by atoms with van der Waals surface area (Å²) in [6, 6.07) is 6.29. The molecule has 0 aromatic heterocycles. The highest BCUT2D eigenvalue weighted by molar-refractivity contribution is 6.23. The molecule has 6 rings (SSSR count). The molecule has 2 bridgehead atoms. The predicted molar refractivity (Wildman–Crippen MR) is 116 cm³/mol. The summed E-state index contributed by atoms with van der Waals surface area (Å²) in [5, 5.41) is 2.24. The van der Waals surface area contributed by atoms with Crippen molar-refractivity contribution < 1.29 is 19.2 Å². The molecule has 3 saturated heterocycles. The number of fused-ring (bicyclic) bond motifs is 3. The molecule has 3 unspecified atom stereocenters. The highest BCUT2D eigenvalue weighted by Gasteiger charge is 2.47. The number of carbonyl (C=O) groups is 4. The van der Waals surface area contributed by atoms with Gasteiger partial charge in [0.05, 0.1) is 11.1 Å². The first-order valence-corrected chi connectivity index (χ1v) is 11.9. The van der Waals surface area contributed by atoms with Crippen molar-refractivity contribution in [1.82, 2.24) is 15.1 Å². The average Bonchev–Trinajstić information content (AvgIpc) is 3.47. The molecule has 8 nitrogen and oxygen atoms in total. The largest absolute Gasteiger partial charge is 0.366 e. The summed E-state index contributed by atoms with van der Waals surface area (Å²) < 4.78 is 0. The normalized spacial score (nSPS) is 30.9. The van der Waals surface area contributed by atoms with Gasteiger partial charge in [0, 0.05) is 43.3 Å². The maximum Gasteiger partial charge on any atom is 0.262 e. The number of piperazine rings is 1. The summed E-state index contributed by atoms with van der Waals surface area (Å²) in [6.45, 7) is 2.03. The SMILES string of the molecule is O=C1CCC(N2C(=O)c3ccc(N4CC5CC4CN5C4CCCCC4)cc3C2=O)C(=O)N1. The summed E-state index contributed by atoms with van der Waals surface area (Å²) >= 11 is 0. The third kappa shape index (κ3) is 2.99. The summed E-state index contributed by atoms with van der Waals surface area (Å²) in [4.78, 5) is 55.9. The minimum Gasteiger partial charge on any atom is -0.366 e. The van der Waals surface area contributed by atoms with Crippen LogP contribution in [0.4, 0.5) is 5.69 Å². The van der Waals surface area contributed by atoms with Gasteiger partial charge < -0.3 is 4.90 Å². The first-order valence-electron chi connectivity index (χ1n) is 11.9. The third-order valence-corrected chi connectivity index (χ3v) is 8.08. The standard InChI is InChI=1S/C24H28N4O4/c29-21-9-8-20(22(30)25-21)28-23(31)18-7-6-15(11-19(18)24(28)32)27-13-16-10-17(27)12-26(16)14-4-2-1-3-5-14/h6-7,11,14,16-17,20H,1-5,8-10,12-13H2,(H,25,29,30). The molecule has 3 atom stereocenters. The van der Waals surface area contributed by atoms with E-state index in [9.17, 15) is 19.2 Å². The number of benzene rings is 1. The second-order valence-electron chi connectivity index (χ2n) is 9.86. The van der Waals surface area contributed by atoms with Crippen LogP contribution >= 0.6 is 0 Å². The van der Waals surface area contributed by atoms with E-state index in [0.717, 1.165) is 36.1 Å². The number of imide groups is 2. The summed E-state index contributed by atoms with van der Waals surface area (Å²) in [6.07, 6.45) is 8.13. The highest BCUT2D eigenvalue weighted by Crippen LogP contribution is 2.40. The number of hydrogen-bond acceptors (Lipinski definition) is 6. The summed E-state index contributed by atoms with van der Waals surface area (Å²) in [7, 11) is 0. The maximum absolute atomic E-state index is 13.1. The monoisotopic (exact) mass is 436 g/mol. The quantitative estimate of drug-likeness (QED) is 0.726. The van der Waals surface area contributed by atoms with Crippen LogP contribution in [0.15, 0.2) is 18.2 Å². The zero-order chi connectivity index (χ0) is 22.0. The van der Waals surface area contributed by atoms with Crippen LogP contribution in [0.1, 0.15) is 72.1 Å². The Balaban J connectivity index is 1.20. The number of rotatable bonds is 3. The fraction of sp³-hybridized carbons (Fsp3) is 0.583. The van der Waals surface area contributed by atoms with E-state index in [1.165, 1.54) is 32.1 Å². The Kier molecular flexibility index (Phi) is 4.61. The van der Waals surface area contributed by atoms with Gasteiger partial charge in [-0.15, -0.1) is 0 Å². The Morgan fingerprint density at radius 2 is 1.59 bits per heavy atom. The van der Waals surface area contributed by atoms with Gasteiger partial charge in [-0.2, -0.15) is 0 Å². The lowest BCUT2D eigenvalue weighted by Crippen LogP contribution is -2.54. The van der Waals surface area contributed by atoms with Gasteiger partial charge in [-0.05, 0) is 43.9 Å². The van der Waals surface area contributed by atoms with Crippen LogP contribution in [0.3, 0.4) is 0 Å². The maximum atomic E-state index is 13.1. The highest BCUT2D eigenvalue weighted by atomic mass is 16.2. The minimum atomic E-state index is -0.921. The van der Waals surface area contributed by atoms with E-state index in [0.29, 0.717) is 23.2 Å². The molecule has 5 aliphatic rings. The summed E-state index contributed by atoms with van der Waals surface area (Å²) in [5.41, 5.74) is 1.69. The molecule has 1 saturated carbocycles. The van der Waals surface area contributed by atoms with Gasteiger partial charge in [0.2, 0.25) is 11.8 Å². The van der Waals surface area contributed by atoms with E-state index in [-0.39, 0.29) is 18.7 Å². The fourth-order valence-electron chi connectivity index (χ4n) is 6.51. The number of piperidine rings is 1. The molecule has 4 heterocycles. The van der Waals surface area contributed by atoms with Crippen molar-refractivity contribution >= 4 is 29.3 Å². The van der Waals surface area contributed by atoms with E-state index in [1.807, 2.05) is 12.1 Å². The van der Waals surface area contributed by atoms with Gasteiger partial charge in [0.15, 0.2) is 0 Å². The minimum absolute atomic E-state index is 0.128. The Labute approximate surface area is 186 Å².